The van der Waals surface area contributed by atoms with Crippen LogP contribution in [-0.4, -0.2) is 46.0 Å². The van der Waals surface area contributed by atoms with Crippen LogP contribution in [-0.2, 0) is 18.4 Å². The highest BCUT2D eigenvalue weighted by Gasteiger charge is 2.20. The van der Waals surface area contributed by atoms with Crippen LogP contribution in [0.25, 0.3) is 11.0 Å². The lowest BCUT2D eigenvalue weighted by molar-refractivity contribution is -0.136. The highest BCUT2D eigenvalue weighted by molar-refractivity contribution is 6.07. The fourth-order valence-electron chi connectivity index (χ4n) is 4.01. The molecule has 1 heterocycles. The minimum atomic E-state index is -1.01. The van der Waals surface area contributed by atoms with E-state index in [1.165, 1.54) is 24.1 Å². The molecule has 196 valence electrons. The maximum Gasteiger partial charge on any atom is 0.305 e. The summed E-state index contributed by atoms with van der Waals surface area (Å²) in [6, 6.07) is 16.1. The van der Waals surface area contributed by atoms with Gasteiger partial charge in [-0.25, -0.2) is 9.37 Å². The van der Waals surface area contributed by atoms with Crippen LogP contribution in [0.4, 0.5) is 15.8 Å². The average molecular weight is 519 g/mol. The van der Waals surface area contributed by atoms with E-state index >= 15 is 0 Å². The number of carboxylic acid groups (broad SMARTS) is 1. The molecular formula is C27H27FN6O4. The summed E-state index contributed by atoms with van der Waals surface area (Å²) in [4.78, 5) is 30.7. The molecule has 10 nitrogen and oxygen atoms in total. The molecule has 1 amide bonds. The fourth-order valence-corrected chi connectivity index (χ4v) is 4.01. The number of hydrogen-bond donors (Lipinski definition) is 4. The zero-order valence-electron chi connectivity index (χ0n) is 20.9. The van der Waals surface area contributed by atoms with E-state index < -0.39 is 11.8 Å². The van der Waals surface area contributed by atoms with Crippen molar-refractivity contribution in [3.8, 4) is 5.75 Å². The van der Waals surface area contributed by atoms with Crippen molar-refractivity contribution in [1.82, 2.24) is 9.55 Å². The predicted molar refractivity (Wildman–Crippen MR) is 142 cm³/mol. The van der Waals surface area contributed by atoms with Gasteiger partial charge >= 0.3 is 5.97 Å². The third-order valence-electron chi connectivity index (χ3n) is 6.12. The summed E-state index contributed by atoms with van der Waals surface area (Å²) in [5.74, 6) is -0.908. The van der Waals surface area contributed by atoms with Crippen LogP contribution in [0.15, 0.2) is 60.7 Å². The molecule has 0 atom stereocenters. The van der Waals surface area contributed by atoms with Crippen LogP contribution in [0, 0.1) is 11.2 Å². The van der Waals surface area contributed by atoms with Crippen LogP contribution in [0.1, 0.15) is 28.2 Å². The van der Waals surface area contributed by atoms with Crippen molar-refractivity contribution in [2.45, 2.75) is 13.0 Å². The SMILES string of the molecule is COc1ccc(N(CCC(=O)O)C(=O)c2ccc3c(c2)nc(CNc2ccc(C(=N)N)cc2F)n3C)cc1. The quantitative estimate of drug-likeness (QED) is 0.185. The summed E-state index contributed by atoms with van der Waals surface area (Å²) in [5.41, 5.74) is 8.17. The molecule has 3 aromatic carbocycles. The number of nitrogens with two attached hydrogens (primary N) is 1. The zero-order chi connectivity index (χ0) is 27.4. The Bertz CT molecular complexity index is 1520. The highest BCUT2D eigenvalue weighted by atomic mass is 19.1. The Balaban J connectivity index is 1.58. The average Bonchev–Trinajstić information content (AvgIpc) is 3.22. The Hall–Kier alpha value is -4.93. The minimum absolute atomic E-state index is 0.0100. The zero-order valence-corrected chi connectivity index (χ0v) is 20.9. The van der Waals surface area contributed by atoms with Gasteiger partial charge in [-0.1, -0.05) is 0 Å². The van der Waals surface area contributed by atoms with Gasteiger partial charge in [0.05, 0.1) is 36.8 Å². The van der Waals surface area contributed by atoms with Crippen molar-refractivity contribution in [1.29, 1.82) is 5.41 Å². The van der Waals surface area contributed by atoms with Gasteiger partial charge < -0.3 is 30.4 Å². The van der Waals surface area contributed by atoms with Crippen LogP contribution >= 0.6 is 0 Å². The van der Waals surface area contributed by atoms with Crippen molar-refractivity contribution < 1.29 is 23.8 Å². The number of hydrogen-bond acceptors (Lipinski definition) is 6. The number of aromatic nitrogens is 2. The number of amidine groups is 1. The maximum absolute atomic E-state index is 14.4. The molecule has 38 heavy (non-hydrogen) atoms. The monoisotopic (exact) mass is 518 g/mol. The summed E-state index contributed by atoms with van der Waals surface area (Å²) in [5, 5.41) is 19.6. The molecule has 0 unspecified atom stereocenters. The molecule has 1 aromatic heterocycles. The second kappa shape index (κ2) is 11.0. The first-order valence-electron chi connectivity index (χ1n) is 11.7. The summed E-state index contributed by atoms with van der Waals surface area (Å²) >= 11 is 0. The van der Waals surface area contributed by atoms with Crippen molar-refractivity contribution >= 4 is 40.1 Å². The van der Waals surface area contributed by atoms with E-state index in [2.05, 4.69) is 10.3 Å². The second-order valence-electron chi connectivity index (χ2n) is 8.55. The van der Waals surface area contributed by atoms with E-state index in [9.17, 15) is 19.1 Å². The number of carboxylic acids is 1. The third-order valence-corrected chi connectivity index (χ3v) is 6.12. The number of ether oxygens (including phenoxy) is 1. The van der Waals surface area contributed by atoms with Crippen LogP contribution in [0.5, 0.6) is 5.75 Å². The summed E-state index contributed by atoms with van der Waals surface area (Å²) in [7, 11) is 3.36. The number of methoxy groups -OCH3 is 1. The molecular weight excluding hydrogens is 491 g/mol. The molecule has 4 rings (SSSR count). The van der Waals surface area contributed by atoms with Crippen molar-refractivity contribution in [2.75, 3.05) is 23.9 Å². The van der Waals surface area contributed by atoms with Crippen molar-refractivity contribution in [3.05, 3.63) is 83.4 Å². The number of anilines is 2. The molecule has 0 spiro atoms. The van der Waals surface area contributed by atoms with Gasteiger partial charge in [0.15, 0.2) is 0 Å². The lowest BCUT2D eigenvalue weighted by Gasteiger charge is -2.22. The molecule has 0 saturated carbocycles. The number of benzene rings is 3. The number of nitrogen functional groups attached to an aromatic ring is 1. The molecule has 0 aliphatic carbocycles. The topological polar surface area (TPSA) is 147 Å². The van der Waals surface area contributed by atoms with Crippen LogP contribution in [0.2, 0.25) is 0 Å². The molecule has 11 heteroatoms. The number of aliphatic carboxylic acids is 1. The number of nitrogens with zero attached hydrogens (tertiary/aromatic N) is 3. The Morgan fingerprint density at radius 1 is 1.13 bits per heavy atom. The number of fused-ring (bicyclic) bond motifs is 1. The summed E-state index contributed by atoms with van der Waals surface area (Å²) < 4.78 is 21.4. The number of imidazole rings is 1. The molecule has 4 aromatic rings. The normalized spacial score (nSPS) is 10.8. The first-order valence-corrected chi connectivity index (χ1v) is 11.7. The van der Waals surface area contributed by atoms with E-state index in [0.29, 0.717) is 33.9 Å². The molecule has 0 bridgehead atoms. The number of halogens is 1. The van der Waals surface area contributed by atoms with Gasteiger partial charge in [-0.2, -0.15) is 0 Å². The molecule has 0 radical (unpaired) electrons. The molecule has 0 fully saturated rings. The highest BCUT2D eigenvalue weighted by Crippen LogP contribution is 2.24. The van der Waals surface area contributed by atoms with E-state index in [4.69, 9.17) is 15.9 Å². The van der Waals surface area contributed by atoms with Crippen molar-refractivity contribution in [2.24, 2.45) is 12.8 Å². The Labute approximate surface area is 218 Å². The lowest BCUT2D eigenvalue weighted by atomic mass is 10.1. The fraction of sp³-hybridized carbons (Fsp3) is 0.185. The van der Waals surface area contributed by atoms with E-state index in [0.717, 1.165) is 5.52 Å². The van der Waals surface area contributed by atoms with Gasteiger partial charge in [-0.3, -0.25) is 15.0 Å². The number of amides is 1. The number of carbonyl (C=O) groups excluding carboxylic acids is 1. The summed E-state index contributed by atoms with van der Waals surface area (Å²) in [6.07, 6.45) is -0.219. The summed E-state index contributed by atoms with van der Waals surface area (Å²) in [6.45, 7) is 0.200. The third kappa shape index (κ3) is 5.56. The number of aryl methyl sites for hydroxylation is 1. The van der Waals surface area contributed by atoms with Gasteiger partial charge in [0.25, 0.3) is 5.91 Å². The number of carbonyl (C=O) groups is 2. The van der Waals surface area contributed by atoms with Gasteiger partial charge in [0.1, 0.15) is 23.2 Å². The second-order valence-corrected chi connectivity index (χ2v) is 8.55. The largest absolute Gasteiger partial charge is 0.497 e. The molecule has 0 aliphatic heterocycles. The lowest BCUT2D eigenvalue weighted by Crippen LogP contribution is -2.33. The van der Waals surface area contributed by atoms with Gasteiger partial charge in [0, 0.05) is 30.4 Å². The van der Waals surface area contributed by atoms with Crippen LogP contribution < -0.4 is 20.7 Å². The van der Waals surface area contributed by atoms with Gasteiger partial charge in [-0.15, -0.1) is 0 Å². The Morgan fingerprint density at radius 3 is 2.47 bits per heavy atom. The van der Waals surface area contributed by atoms with Crippen molar-refractivity contribution in [3.63, 3.8) is 0 Å². The van der Waals surface area contributed by atoms with E-state index in [-0.39, 0.29) is 36.9 Å². The standard InChI is InChI=1S/C27H27FN6O4/c1-33-23-10-4-17(27(37)34(12-11-25(35)36)18-5-7-19(38-2)8-6-18)14-22(23)32-24(33)15-31-21-9-3-16(26(29)30)13-20(21)28/h3-10,13-14,31H,11-12,15H2,1-2H3,(H3,29,30)(H,35,36). The smallest absolute Gasteiger partial charge is 0.305 e. The first-order chi connectivity index (χ1) is 18.2. The Morgan fingerprint density at radius 2 is 1.84 bits per heavy atom. The molecule has 0 saturated heterocycles. The minimum Gasteiger partial charge on any atom is -0.497 e. The number of nitrogens with one attached hydrogen (secondary N) is 2. The van der Waals surface area contributed by atoms with Gasteiger partial charge in [-0.05, 0) is 60.7 Å². The van der Waals surface area contributed by atoms with Crippen LogP contribution in [0.3, 0.4) is 0 Å². The maximum atomic E-state index is 14.4. The predicted octanol–water partition coefficient (Wildman–Crippen LogP) is 3.74. The Kier molecular flexibility index (Phi) is 7.56. The van der Waals surface area contributed by atoms with E-state index in [1.54, 1.807) is 48.5 Å². The van der Waals surface area contributed by atoms with Gasteiger partial charge in [0.2, 0.25) is 0 Å². The van der Waals surface area contributed by atoms with E-state index in [1.807, 2.05) is 11.6 Å². The molecule has 0 aliphatic rings. The first kappa shape index (κ1) is 26.1. The molecule has 5 N–H and O–H groups in total. The number of rotatable bonds is 10.